The molecule has 1 N–H and O–H groups in total. The van der Waals surface area contributed by atoms with Crippen molar-refractivity contribution in [1.29, 1.82) is 0 Å². The number of hydrogen-bond acceptors (Lipinski definition) is 1. The highest BCUT2D eigenvalue weighted by atomic mass is 16.2. The second-order valence-corrected chi connectivity index (χ2v) is 6.60. The molecule has 1 aromatic carbocycles. The molecule has 0 aliphatic heterocycles. The zero-order chi connectivity index (χ0) is 15.9. The summed E-state index contributed by atoms with van der Waals surface area (Å²) in [5.74, 6) is 0. The first kappa shape index (κ1) is 17.5. The predicted molar refractivity (Wildman–Crippen MR) is 90.9 cm³/mol. The highest BCUT2D eigenvalue weighted by Gasteiger charge is 2.15. The minimum absolute atomic E-state index is 0.00816. The lowest BCUT2D eigenvalue weighted by atomic mass is 9.87. The Morgan fingerprint density at radius 3 is 2.14 bits per heavy atom. The molecule has 1 rings (SSSR count). The van der Waals surface area contributed by atoms with E-state index in [0.29, 0.717) is 0 Å². The fourth-order valence-corrected chi connectivity index (χ4v) is 2.19. The fourth-order valence-electron chi connectivity index (χ4n) is 2.19. The smallest absolute Gasteiger partial charge is 0.321 e. The van der Waals surface area contributed by atoms with Gasteiger partial charge in [0.05, 0.1) is 0 Å². The van der Waals surface area contributed by atoms with E-state index in [1.807, 2.05) is 17.0 Å². The zero-order valence-corrected chi connectivity index (χ0v) is 14.2. The Hall–Kier alpha value is -1.51. The van der Waals surface area contributed by atoms with Crippen LogP contribution in [0.3, 0.4) is 0 Å². The van der Waals surface area contributed by atoms with Gasteiger partial charge in [-0.05, 0) is 36.0 Å². The number of benzene rings is 1. The van der Waals surface area contributed by atoms with Gasteiger partial charge in [-0.25, -0.2) is 4.79 Å². The lowest BCUT2D eigenvalue weighted by molar-refractivity contribution is 0.211. The number of amides is 2. The maximum absolute atomic E-state index is 12.3. The Morgan fingerprint density at radius 1 is 1.05 bits per heavy atom. The van der Waals surface area contributed by atoms with Crippen LogP contribution in [-0.4, -0.2) is 24.0 Å². The third-order valence-electron chi connectivity index (χ3n) is 3.56. The molecule has 0 unspecified atom stereocenters. The van der Waals surface area contributed by atoms with Crippen LogP contribution < -0.4 is 5.32 Å². The highest BCUT2D eigenvalue weighted by Crippen LogP contribution is 2.23. The van der Waals surface area contributed by atoms with Crippen molar-refractivity contribution in [3.63, 3.8) is 0 Å². The Bertz CT molecular complexity index is 432. The standard InChI is InChI=1S/C18H30N2O/c1-6-8-14-20(13-7-2)17(21)19-16-11-9-15(10-12-16)18(3,4)5/h9-12H,6-8,13-14H2,1-5H3,(H,19,21). The first-order valence-electron chi connectivity index (χ1n) is 8.05. The third kappa shape index (κ3) is 5.78. The number of nitrogens with one attached hydrogen (secondary N) is 1. The zero-order valence-electron chi connectivity index (χ0n) is 14.2. The van der Waals surface area contributed by atoms with E-state index in [2.05, 4.69) is 52.1 Å². The molecule has 3 nitrogen and oxygen atoms in total. The van der Waals surface area contributed by atoms with E-state index in [1.165, 1.54) is 5.56 Å². The molecule has 0 atom stereocenters. The van der Waals surface area contributed by atoms with E-state index < -0.39 is 0 Å². The maximum atomic E-state index is 12.3. The van der Waals surface area contributed by atoms with Crippen molar-refractivity contribution in [2.75, 3.05) is 18.4 Å². The summed E-state index contributed by atoms with van der Waals surface area (Å²) < 4.78 is 0. The van der Waals surface area contributed by atoms with Gasteiger partial charge in [-0.2, -0.15) is 0 Å². The third-order valence-corrected chi connectivity index (χ3v) is 3.56. The predicted octanol–water partition coefficient (Wildman–Crippen LogP) is 5.03. The average molecular weight is 290 g/mol. The molecular formula is C18H30N2O. The SMILES string of the molecule is CCCCN(CCC)C(=O)Nc1ccc(C(C)(C)C)cc1. The molecule has 0 fully saturated rings. The first-order chi connectivity index (χ1) is 9.88. The number of hydrogen-bond donors (Lipinski definition) is 1. The Balaban J connectivity index is 2.67. The molecule has 0 aliphatic rings. The molecule has 0 spiro atoms. The number of nitrogens with zero attached hydrogens (tertiary/aromatic N) is 1. The van der Waals surface area contributed by atoms with Gasteiger partial charge < -0.3 is 10.2 Å². The van der Waals surface area contributed by atoms with Crippen LogP contribution in [0, 0.1) is 0 Å². The van der Waals surface area contributed by atoms with Gasteiger partial charge in [0.15, 0.2) is 0 Å². The lowest BCUT2D eigenvalue weighted by Crippen LogP contribution is -2.36. The van der Waals surface area contributed by atoms with Gasteiger partial charge in [0.25, 0.3) is 0 Å². The number of anilines is 1. The monoisotopic (exact) mass is 290 g/mol. The number of urea groups is 1. The van der Waals surface area contributed by atoms with Crippen LogP contribution in [0.5, 0.6) is 0 Å². The van der Waals surface area contributed by atoms with Gasteiger partial charge in [0.1, 0.15) is 0 Å². The van der Waals surface area contributed by atoms with Crippen molar-refractivity contribution in [3.8, 4) is 0 Å². The molecule has 0 saturated heterocycles. The molecule has 3 heteroatoms. The molecule has 0 bridgehead atoms. The van der Waals surface area contributed by atoms with Gasteiger partial charge in [-0.1, -0.05) is 53.2 Å². The van der Waals surface area contributed by atoms with Gasteiger partial charge in [0.2, 0.25) is 0 Å². The van der Waals surface area contributed by atoms with Gasteiger partial charge in [-0.15, -0.1) is 0 Å². The number of rotatable bonds is 6. The number of carbonyl (C=O) groups is 1. The van der Waals surface area contributed by atoms with Crippen LogP contribution in [0.15, 0.2) is 24.3 Å². The van der Waals surface area contributed by atoms with Crippen LogP contribution in [0.2, 0.25) is 0 Å². The Morgan fingerprint density at radius 2 is 1.67 bits per heavy atom. The van der Waals surface area contributed by atoms with Gasteiger partial charge in [-0.3, -0.25) is 0 Å². The second kappa shape index (κ2) is 8.06. The molecule has 0 heterocycles. The molecule has 1 aromatic rings. The largest absolute Gasteiger partial charge is 0.325 e. The maximum Gasteiger partial charge on any atom is 0.321 e. The minimum atomic E-state index is 0.00816. The van der Waals surface area contributed by atoms with E-state index in [-0.39, 0.29) is 11.4 Å². The summed E-state index contributed by atoms with van der Waals surface area (Å²) >= 11 is 0. The van der Waals surface area contributed by atoms with E-state index >= 15 is 0 Å². The molecule has 0 saturated carbocycles. The van der Waals surface area contributed by atoms with Crippen LogP contribution in [-0.2, 0) is 5.41 Å². The van der Waals surface area contributed by atoms with Crippen molar-refractivity contribution in [2.24, 2.45) is 0 Å². The van der Waals surface area contributed by atoms with E-state index in [1.54, 1.807) is 0 Å². The van der Waals surface area contributed by atoms with E-state index in [0.717, 1.165) is 38.0 Å². The molecule has 2 amide bonds. The van der Waals surface area contributed by atoms with Crippen LogP contribution in [0.1, 0.15) is 59.4 Å². The average Bonchev–Trinajstić information content (AvgIpc) is 2.43. The molecule has 0 radical (unpaired) electrons. The summed E-state index contributed by atoms with van der Waals surface area (Å²) in [6, 6.07) is 8.16. The molecule has 21 heavy (non-hydrogen) atoms. The molecular weight excluding hydrogens is 260 g/mol. The van der Waals surface area contributed by atoms with Gasteiger partial charge >= 0.3 is 6.03 Å². The van der Waals surface area contributed by atoms with Crippen molar-refractivity contribution < 1.29 is 4.79 Å². The van der Waals surface area contributed by atoms with Crippen LogP contribution in [0.4, 0.5) is 10.5 Å². The minimum Gasteiger partial charge on any atom is -0.325 e. The van der Waals surface area contributed by atoms with Gasteiger partial charge in [0, 0.05) is 18.8 Å². The normalized spacial score (nSPS) is 11.3. The van der Waals surface area contributed by atoms with Crippen molar-refractivity contribution in [3.05, 3.63) is 29.8 Å². The molecule has 0 aromatic heterocycles. The Kier molecular flexibility index (Phi) is 6.73. The fraction of sp³-hybridized carbons (Fsp3) is 0.611. The van der Waals surface area contributed by atoms with Crippen molar-refractivity contribution in [2.45, 2.75) is 59.3 Å². The summed E-state index contributed by atoms with van der Waals surface area (Å²) in [5, 5.41) is 3.00. The summed E-state index contributed by atoms with van der Waals surface area (Å²) in [6.07, 6.45) is 3.14. The number of carbonyl (C=O) groups excluding carboxylic acids is 1. The summed E-state index contributed by atoms with van der Waals surface area (Å²) in [6.45, 7) is 12.5. The summed E-state index contributed by atoms with van der Waals surface area (Å²) in [7, 11) is 0. The van der Waals surface area contributed by atoms with Crippen molar-refractivity contribution >= 4 is 11.7 Å². The highest BCUT2D eigenvalue weighted by molar-refractivity contribution is 5.89. The molecule has 118 valence electrons. The Labute approximate surface area is 129 Å². The topological polar surface area (TPSA) is 32.3 Å². The second-order valence-electron chi connectivity index (χ2n) is 6.60. The quantitative estimate of drug-likeness (QED) is 0.783. The summed E-state index contributed by atoms with van der Waals surface area (Å²) in [4.78, 5) is 14.2. The van der Waals surface area contributed by atoms with E-state index in [4.69, 9.17) is 0 Å². The van der Waals surface area contributed by atoms with Crippen LogP contribution >= 0.6 is 0 Å². The lowest BCUT2D eigenvalue weighted by Gasteiger charge is -2.23. The summed E-state index contributed by atoms with van der Waals surface area (Å²) in [5.41, 5.74) is 2.28. The first-order valence-corrected chi connectivity index (χ1v) is 8.05. The number of unbranched alkanes of at least 4 members (excludes halogenated alkanes) is 1. The van der Waals surface area contributed by atoms with Crippen molar-refractivity contribution in [1.82, 2.24) is 4.90 Å². The molecule has 0 aliphatic carbocycles. The van der Waals surface area contributed by atoms with E-state index in [9.17, 15) is 4.79 Å². The van der Waals surface area contributed by atoms with Crippen LogP contribution in [0.25, 0.3) is 0 Å².